The molecular weight excluding hydrogens is 625 g/mol. The maximum absolute atomic E-state index is 2.44. The fourth-order valence-electron chi connectivity index (χ4n) is 8.14. The molecular formula is C52H34. The highest BCUT2D eigenvalue weighted by atomic mass is 14.2. The van der Waals surface area contributed by atoms with Gasteiger partial charge in [-0.25, -0.2) is 0 Å². The Labute approximate surface area is 303 Å². The van der Waals surface area contributed by atoms with E-state index < -0.39 is 0 Å². The molecule has 0 N–H and O–H groups in total. The van der Waals surface area contributed by atoms with Crippen molar-refractivity contribution in [1.29, 1.82) is 0 Å². The first-order valence-corrected chi connectivity index (χ1v) is 18.0. The molecule has 0 unspecified atom stereocenters. The summed E-state index contributed by atoms with van der Waals surface area (Å²) in [4.78, 5) is 0. The smallest absolute Gasteiger partial charge is 0.00201 e. The van der Waals surface area contributed by atoms with E-state index in [-0.39, 0.29) is 0 Å². The highest BCUT2D eigenvalue weighted by molar-refractivity contribution is 6.24. The Morgan fingerprint density at radius 3 is 1.40 bits per heavy atom. The molecule has 0 bridgehead atoms. The van der Waals surface area contributed by atoms with Gasteiger partial charge >= 0.3 is 0 Å². The van der Waals surface area contributed by atoms with Crippen LogP contribution in [-0.4, -0.2) is 0 Å². The monoisotopic (exact) mass is 658 g/mol. The van der Waals surface area contributed by atoms with E-state index in [1.54, 1.807) is 0 Å². The minimum absolute atomic E-state index is 1.21. The third-order valence-electron chi connectivity index (χ3n) is 10.6. The number of rotatable bonds is 5. The van der Waals surface area contributed by atoms with Crippen LogP contribution in [0.3, 0.4) is 0 Å². The van der Waals surface area contributed by atoms with Gasteiger partial charge in [-0.1, -0.05) is 176 Å². The molecule has 10 rings (SSSR count). The lowest BCUT2D eigenvalue weighted by molar-refractivity contribution is 1.58. The van der Waals surface area contributed by atoms with E-state index in [4.69, 9.17) is 0 Å². The lowest BCUT2D eigenvalue weighted by Crippen LogP contribution is -1.93. The molecule has 52 heavy (non-hydrogen) atoms. The first-order valence-electron chi connectivity index (χ1n) is 18.0. The van der Waals surface area contributed by atoms with Gasteiger partial charge in [-0.05, 0) is 129 Å². The topological polar surface area (TPSA) is 0 Å². The summed E-state index contributed by atoms with van der Waals surface area (Å²) in [6.07, 6.45) is 0. The first kappa shape index (κ1) is 30.1. The molecule has 0 heterocycles. The van der Waals surface area contributed by atoms with Gasteiger partial charge in [-0.15, -0.1) is 0 Å². The second-order valence-electron chi connectivity index (χ2n) is 13.7. The average Bonchev–Trinajstić information content (AvgIpc) is 3.22. The summed E-state index contributed by atoms with van der Waals surface area (Å²) in [7, 11) is 0. The fraction of sp³-hybridized carbons (Fsp3) is 0. The van der Waals surface area contributed by atoms with E-state index in [9.17, 15) is 0 Å². The number of hydrogen-bond acceptors (Lipinski definition) is 0. The number of fused-ring (bicyclic) bond motifs is 4. The predicted molar refractivity (Wildman–Crippen MR) is 224 cm³/mol. The lowest BCUT2D eigenvalue weighted by atomic mass is 9.82. The molecule has 10 aromatic rings. The molecule has 0 radical (unpaired) electrons. The van der Waals surface area contributed by atoms with Crippen LogP contribution in [0.5, 0.6) is 0 Å². The van der Waals surface area contributed by atoms with Crippen molar-refractivity contribution >= 4 is 43.1 Å². The zero-order valence-electron chi connectivity index (χ0n) is 28.6. The van der Waals surface area contributed by atoms with Gasteiger partial charge < -0.3 is 0 Å². The summed E-state index contributed by atoms with van der Waals surface area (Å²) in [6.45, 7) is 0. The lowest BCUT2D eigenvalue weighted by Gasteiger charge is -2.21. The number of benzene rings is 10. The van der Waals surface area contributed by atoms with Gasteiger partial charge in [-0.2, -0.15) is 0 Å². The third-order valence-corrected chi connectivity index (χ3v) is 10.6. The molecule has 0 heteroatoms. The maximum Gasteiger partial charge on any atom is -0.00201 e. The van der Waals surface area contributed by atoms with Crippen molar-refractivity contribution in [2.45, 2.75) is 0 Å². The first-order chi connectivity index (χ1) is 25.8. The summed E-state index contributed by atoms with van der Waals surface area (Å²) in [5, 5.41) is 10.0. The van der Waals surface area contributed by atoms with Crippen LogP contribution in [0.2, 0.25) is 0 Å². The summed E-state index contributed by atoms with van der Waals surface area (Å²) < 4.78 is 0. The Hall–Kier alpha value is -6.76. The van der Waals surface area contributed by atoms with Gasteiger partial charge in [0.2, 0.25) is 0 Å². The van der Waals surface area contributed by atoms with Crippen molar-refractivity contribution in [2.24, 2.45) is 0 Å². The number of hydrogen-bond donors (Lipinski definition) is 0. The zero-order valence-corrected chi connectivity index (χ0v) is 28.6. The molecule has 0 amide bonds. The largest absolute Gasteiger partial charge is 0.0622 e. The van der Waals surface area contributed by atoms with Gasteiger partial charge in [-0.3, -0.25) is 0 Å². The van der Waals surface area contributed by atoms with Crippen LogP contribution in [0.4, 0.5) is 0 Å². The molecule has 0 aliphatic carbocycles. The molecule has 0 fully saturated rings. The predicted octanol–water partition coefficient (Wildman–Crippen LogP) is 14.6. The molecule has 0 aliphatic rings. The van der Waals surface area contributed by atoms with Crippen LogP contribution < -0.4 is 0 Å². The highest BCUT2D eigenvalue weighted by Crippen LogP contribution is 2.47. The SMILES string of the molecule is c1ccc(-c2cc(-c3ccccc3)cc(-c3c4ccccc4c(-c4cccc5ccccc45)c4ccc(-c5ccc6ccccc6c5)cc34)c2)cc1. The van der Waals surface area contributed by atoms with E-state index in [1.807, 2.05) is 0 Å². The average molecular weight is 659 g/mol. The standard InChI is InChI=1S/C52H34/c1-3-14-35(15-4-1)42-31-43(36-16-5-2-6-17-36)33-44(32-42)51-47-23-11-12-24-48(47)52(46-25-13-21-38-19-9-10-22-45(38)46)49-29-28-41(34-50(49)51)40-27-26-37-18-7-8-20-39(37)30-40/h1-34H. The molecule has 0 saturated carbocycles. The zero-order chi connectivity index (χ0) is 34.4. The van der Waals surface area contributed by atoms with E-state index in [2.05, 4.69) is 206 Å². The minimum Gasteiger partial charge on any atom is -0.0622 e. The van der Waals surface area contributed by atoms with Crippen LogP contribution >= 0.6 is 0 Å². The summed E-state index contributed by atoms with van der Waals surface area (Å²) in [6, 6.07) is 75.7. The van der Waals surface area contributed by atoms with E-state index >= 15 is 0 Å². The van der Waals surface area contributed by atoms with Crippen LogP contribution in [0, 0.1) is 0 Å². The van der Waals surface area contributed by atoms with Crippen LogP contribution in [0.1, 0.15) is 0 Å². The Morgan fingerprint density at radius 1 is 0.192 bits per heavy atom. The van der Waals surface area contributed by atoms with E-state index in [0.29, 0.717) is 0 Å². The van der Waals surface area contributed by atoms with Crippen molar-refractivity contribution in [2.75, 3.05) is 0 Å². The third kappa shape index (κ3) is 5.16. The normalized spacial score (nSPS) is 11.5. The Morgan fingerprint density at radius 2 is 0.692 bits per heavy atom. The Kier molecular flexibility index (Phi) is 7.25. The molecule has 0 aliphatic heterocycles. The molecule has 0 nitrogen and oxygen atoms in total. The molecule has 0 saturated heterocycles. The maximum atomic E-state index is 2.44. The Bertz CT molecular complexity index is 2870. The summed E-state index contributed by atoms with van der Waals surface area (Å²) in [5.74, 6) is 0. The van der Waals surface area contributed by atoms with Gasteiger partial charge in [0, 0.05) is 0 Å². The van der Waals surface area contributed by atoms with Crippen LogP contribution in [0.15, 0.2) is 206 Å². The molecule has 0 atom stereocenters. The highest BCUT2D eigenvalue weighted by Gasteiger charge is 2.20. The van der Waals surface area contributed by atoms with Crippen molar-refractivity contribution in [3.63, 3.8) is 0 Å². The van der Waals surface area contributed by atoms with Gasteiger partial charge in [0.25, 0.3) is 0 Å². The molecule has 10 aromatic carbocycles. The molecule has 0 aromatic heterocycles. The van der Waals surface area contributed by atoms with E-state index in [1.165, 1.54) is 98.7 Å². The minimum atomic E-state index is 1.21. The van der Waals surface area contributed by atoms with Gasteiger partial charge in [0.15, 0.2) is 0 Å². The second-order valence-corrected chi connectivity index (χ2v) is 13.7. The van der Waals surface area contributed by atoms with Gasteiger partial charge in [0.05, 0.1) is 0 Å². The molecule has 242 valence electrons. The van der Waals surface area contributed by atoms with E-state index in [0.717, 1.165) is 0 Å². The van der Waals surface area contributed by atoms with Crippen molar-refractivity contribution in [3.8, 4) is 55.6 Å². The molecule has 0 spiro atoms. The van der Waals surface area contributed by atoms with Gasteiger partial charge in [0.1, 0.15) is 0 Å². The quantitative estimate of drug-likeness (QED) is 0.161. The van der Waals surface area contributed by atoms with Crippen LogP contribution in [0.25, 0.3) is 98.7 Å². The Balaban J connectivity index is 1.34. The van der Waals surface area contributed by atoms with Crippen LogP contribution in [-0.2, 0) is 0 Å². The van der Waals surface area contributed by atoms with Crippen molar-refractivity contribution in [3.05, 3.63) is 206 Å². The summed E-state index contributed by atoms with van der Waals surface area (Å²) >= 11 is 0. The second kappa shape index (κ2) is 12.5. The van der Waals surface area contributed by atoms with Crippen molar-refractivity contribution < 1.29 is 0 Å². The van der Waals surface area contributed by atoms with Crippen molar-refractivity contribution in [1.82, 2.24) is 0 Å². The summed E-state index contributed by atoms with van der Waals surface area (Å²) in [5.41, 5.74) is 12.3. The fourth-order valence-corrected chi connectivity index (χ4v) is 8.14.